The van der Waals surface area contributed by atoms with Gasteiger partial charge in [0.1, 0.15) is 0 Å². The Labute approximate surface area is 111 Å². The normalized spacial score (nSPS) is 10.2. The lowest BCUT2D eigenvalue weighted by atomic mass is 10.3. The zero-order chi connectivity index (χ0) is 12.5. The molecule has 17 heavy (non-hydrogen) atoms. The summed E-state index contributed by atoms with van der Waals surface area (Å²) in [6, 6.07) is 7.99. The van der Waals surface area contributed by atoms with Crippen LogP contribution in [0.25, 0.3) is 0 Å². The number of carbonyl (C=O) groups excluding carboxylic acids is 1. The van der Waals surface area contributed by atoms with Crippen LogP contribution in [0, 0.1) is 0 Å². The van der Waals surface area contributed by atoms with E-state index in [0.29, 0.717) is 5.75 Å². The molecule has 3 nitrogen and oxygen atoms in total. The number of nitrogens with two attached hydrogens (primary N) is 1. The average Bonchev–Trinajstić information content (AvgIpc) is 2.33. The minimum Gasteiger partial charge on any atom is -0.384 e. The molecule has 0 atom stereocenters. The van der Waals surface area contributed by atoms with E-state index in [1.54, 1.807) is 0 Å². The monoisotopic (exact) mass is 270 g/mol. The number of primary amides is 1. The molecule has 1 aromatic rings. The van der Waals surface area contributed by atoms with Gasteiger partial charge in [-0.25, -0.2) is 0 Å². The molecule has 5 heteroatoms. The van der Waals surface area contributed by atoms with Crippen molar-refractivity contribution in [2.24, 2.45) is 5.73 Å². The lowest BCUT2D eigenvalue weighted by Crippen LogP contribution is -2.13. The van der Waals surface area contributed by atoms with Gasteiger partial charge in [0.25, 0.3) is 0 Å². The van der Waals surface area contributed by atoms with Gasteiger partial charge in [-0.15, -0.1) is 11.8 Å². The van der Waals surface area contributed by atoms with Gasteiger partial charge in [-0.2, -0.15) is 11.8 Å². The van der Waals surface area contributed by atoms with Crippen molar-refractivity contribution in [1.29, 1.82) is 0 Å². The van der Waals surface area contributed by atoms with E-state index in [2.05, 4.69) is 11.6 Å². The fourth-order valence-corrected chi connectivity index (χ4v) is 2.53. The Kier molecular flexibility index (Phi) is 6.96. The molecule has 0 aromatic heterocycles. The summed E-state index contributed by atoms with van der Waals surface area (Å²) in [5.41, 5.74) is 6.23. The number of anilines is 1. The molecular formula is C12H18N2OS2. The highest BCUT2D eigenvalue weighted by atomic mass is 32.2. The van der Waals surface area contributed by atoms with Crippen LogP contribution in [0.15, 0.2) is 29.2 Å². The van der Waals surface area contributed by atoms with Crippen LogP contribution in [-0.4, -0.2) is 30.2 Å². The molecule has 0 saturated carbocycles. The second-order valence-corrected chi connectivity index (χ2v) is 5.53. The number of benzene rings is 1. The number of hydrogen-bond acceptors (Lipinski definition) is 4. The third-order valence-corrected chi connectivity index (χ3v) is 3.89. The number of carbonyl (C=O) groups is 1. The zero-order valence-electron chi connectivity index (χ0n) is 9.94. The van der Waals surface area contributed by atoms with Crippen LogP contribution >= 0.6 is 23.5 Å². The van der Waals surface area contributed by atoms with E-state index in [1.807, 2.05) is 36.0 Å². The number of amides is 1. The Morgan fingerprint density at radius 3 is 2.88 bits per heavy atom. The van der Waals surface area contributed by atoms with Crippen LogP contribution in [0.4, 0.5) is 5.69 Å². The highest BCUT2D eigenvalue weighted by molar-refractivity contribution is 8.00. The Hall–Kier alpha value is -0.810. The van der Waals surface area contributed by atoms with Crippen LogP contribution in [0.1, 0.15) is 6.42 Å². The molecule has 3 N–H and O–H groups in total. The summed E-state index contributed by atoms with van der Waals surface area (Å²) in [4.78, 5) is 11.8. The maximum Gasteiger partial charge on any atom is 0.227 e. The molecule has 0 aliphatic carbocycles. The van der Waals surface area contributed by atoms with E-state index in [-0.39, 0.29) is 5.91 Å². The smallest absolute Gasteiger partial charge is 0.227 e. The van der Waals surface area contributed by atoms with Gasteiger partial charge in [-0.3, -0.25) is 4.79 Å². The van der Waals surface area contributed by atoms with Crippen molar-refractivity contribution in [2.45, 2.75) is 11.3 Å². The predicted molar refractivity (Wildman–Crippen MR) is 77.8 cm³/mol. The maximum atomic E-state index is 10.8. The van der Waals surface area contributed by atoms with Gasteiger partial charge in [0.05, 0.1) is 5.75 Å². The van der Waals surface area contributed by atoms with Gasteiger partial charge in [0, 0.05) is 17.1 Å². The number of hydrogen-bond donors (Lipinski definition) is 2. The molecule has 0 aliphatic heterocycles. The highest BCUT2D eigenvalue weighted by Crippen LogP contribution is 2.26. The van der Waals surface area contributed by atoms with Crippen molar-refractivity contribution in [3.63, 3.8) is 0 Å². The van der Waals surface area contributed by atoms with E-state index in [1.165, 1.54) is 11.8 Å². The Bertz CT molecular complexity index is 358. The summed E-state index contributed by atoms with van der Waals surface area (Å²) in [5, 5.41) is 3.39. The minimum atomic E-state index is -0.285. The number of nitrogens with one attached hydrogen (secondary N) is 1. The third-order valence-electron chi connectivity index (χ3n) is 2.10. The molecule has 0 fully saturated rings. The highest BCUT2D eigenvalue weighted by Gasteiger charge is 2.03. The summed E-state index contributed by atoms with van der Waals surface area (Å²) >= 11 is 3.33. The van der Waals surface area contributed by atoms with Crippen molar-refractivity contribution in [3.8, 4) is 0 Å². The van der Waals surface area contributed by atoms with Crippen LogP contribution in [0.2, 0.25) is 0 Å². The molecule has 1 aromatic carbocycles. The minimum absolute atomic E-state index is 0.285. The largest absolute Gasteiger partial charge is 0.384 e. The molecule has 94 valence electrons. The Balaban J connectivity index is 2.48. The van der Waals surface area contributed by atoms with Crippen molar-refractivity contribution in [3.05, 3.63) is 24.3 Å². The molecule has 0 unspecified atom stereocenters. The fourth-order valence-electron chi connectivity index (χ4n) is 1.33. The summed E-state index contributed by atoms with van der Waals surface area (Å²) < 4.78 is 0. The Morgan fingerprint density at radius 2 is 2.18 bits per heavy atom. The van der Waals surface area contributed by atoms with Crippen LogP contribution in [-0.2, 0) is 4.79 Å². The first-order chi connectivity index (χ1) is 8.24. The van der Waals surface area contributed by atoms with E-state index in [4.69, 9.17) is 5.73 Å². The molecule has 0 radical (unpaired) electrons. The number of rotatable bonds is 8. The van der Waals surface area contributed by atoms with E-state index >= 15 is 0 Å². The lowest BCUT2D eigenvalue weighted by Gasteiger charge is -2.10. The van der Waals surface area contributed by atoms with Crippen molar-refractivity contribution in [1.82, 2.24) is 0 Å². The first-order valence-electron chi connectivity index (χ1n) is 5.47. The zero-order valence-corrected chi connectivity index (χ0v) is 11.6. The molecular weight excluding hydrogens is 252 g/mol. The van der Waals surface area contributed by atoms with E-state index in [0.717, 1.165) is 29.3 Å². The molecule has 0 aliphatic rings. The maximum absolute atomic E-state index is 10.8. The standard InChI is InChI=1S/C12H18N2OS2/c1-16-8-4-7-14-10-5-2-3-6-11(10)17-9-12(13)15/h2-3,5-6,14H,4,7-9H2,1H3,(H2,13,15). The first-order valence-corrected chi connectivity index (χ1v) is 7.85. The summed E-state index contributed by atoms with van der Waals surface area (Å²) in [6.45, 7) is 0.953. The second-order valence-electron chi connectivity index (χ2n) is 3.52. The van der Waals surface area contributed by atoms with Crippen molar-refractivity contribution >= 4 is 35.1 Å². The number of thioether (sulfide) groups is 2. The second kappa shape index (κ2) is 8.31. The van der Waals surface area contributed by atoms with Gasteiger partial charge in [-0.1, -0.05) is 12.1 Å². The van der Waals surface area contributed by atoms with Crippen LogP contribution < -0.4 is 11.1 Å². The van der Waals surface area contributed by atoms with Crippen LogP contribution in [0.3, 0.4) is 0 Å². The summed E-state index contributed by atoms with van der Waals surface area (Å²) in [6.07, 6.45) is 3.24. The summed E-state index contributed by atoms with van der Waals surface area (Å²) in [7, 11) is 0. The van der Waals surface area contributed by atoms with Gasteiger partial charge in [0.15, 0.2) is 0 Å². The molecule has 1 amide bonds. The molecule has 1 rings (SSSR count). The first kappa shape index (κ1) is 14.3. The van der Waals surface area contributed by atoms with E-state index in [9.17, 15) is 4.79 Å². The number of para-hydroxylation sites is 1. The van der Waals surface area contributed by atoms with Gasteiger partial charge in [0.2, 0.25) is 5.91 Å². The topological polar surface area (TPSA) is 55.1 Å². The molecule has 0 bridgehead atoms. The Morgan fingerprint density at radius 1 is 1.41 bits per heavy atom. The fraction of sp³-hybridized carbons (Fsp3) is 0.417. The van der Waals surface area contributed by atoms with Gasteiger partial charge < -0.3 is 11.1 Å². The lowest BCUT2D eigenvalue weighted by molar-refractivity contribution is -0.115. The summed E-state index contributed by atoms with van der Waals surface area (Å²) in [5.74, 6) is 1.19. The average molecular weight is 270 g/mol. The van der Waals surface area contributed by atoms with E-state index < -0.39 is 0 Å². The van der Waals surface area contributed by atoms with Crippen molar-refractivity contribution < 1.29 is 4.79 Å². The SMILES string of the molecule is CSCCCNc1ccccc1SCC(N)=O. The van der Waals surface area contributed by atoms with Gasteiger partial charge in [-0.05, 0) is 30.6 Å². The van der Waals surface area contributed by atoms with Crippen LogP contribution in [0.5, 0.6) is 0 Å². The third kappa shape index (κ3) is 5.89. The predicted octanol–water partition coefficient (Wildman–Crippen LogP) is 2.43. The quantitative estimate of drug-likeness (QED) is 0.563. The molecule has 0 heterocycles. The molecule has 0 spiro atoms. The molecule has 0 saturated heterocycles. The van der Waals surface area contributed by atoms with Crippen molar-refractivity contribution in [2.75, 3.05) is 29.6 Å². The van der Waals surface area contributed by atoms with Gasteiger partial charge >= 0.3 is 0 Å².